The molecule has 0 aliphatic carbocycles. The van der Waals surface area contributed by atoms with Gasteiger partial charge in [0.15, 0.2) is 0 Å². The minimum absolute atomic E-state index is 0.0163. The summed E-state index contributed by atoms with van der Waals surface area (Å²) in [5.41, 5.74) is -2.54. The molecule has 0 unspecified atom stereocenters. The maximum absolute atomic E-state index is 13.3. The van der Waals surface area contributed by atoms with E-state index in [0.29, 0.717) is 11.1 Å². The van der Waals surface area contributed by atoms with Gasteiger partial charge in [0.1, 0.15) is 0 Å². The molecule has 0 aliphatic heterocycles. The number of aryl methyl sites for hydroxylation is 1. The van der Waals surface area contributed by atoms with Gasteiger partial charge in [0.05, 0.1) is 11.1 Å². The third-order valence-corrected chi connectivity index (χ3v) is 3.56. The van der Waals surface area contributed by atoms with E-state index in [1.807, 2.05) is 0 Å². The quantitative estimate of drug-likeness (QED) is 0.316. The predicted octanol–water partition coefficient (Wildman–Crippen LogP) is 6.87. The predicted molar refractivity (Wildman–Crippen MR) is 83.4 cm³/mol. The first kappa shape index (κ1) is 20.1. The van der Waals surface area contributed by atoms with Gasteiger partial charge in [-0.15, -0.1) is 0 Å². The molecule has 1 aromatic rings. The Morgan fingerprint density at radius 2 is 1.71 bits per heavy atom. The lowest BCUT2D eigenvalue weighted by molar-refractivity contribution is -0.137. The van der Waals surface area contributed by atoms with E-state index in [0.717, 1.165) is 18.2 Å². The van der Waals surface area contributed by atoms with Crippen molar-refractivity contribution in [3.8, 4) is 0 Å². The van der Waals surface area contributed by atoms with Crippen molar-refractivity contribution in [1.82, 2.24) is 0 Å². The Bertz CT molecular complexity index is 672. The van der Waals surface area contributed by atoms with E-state index < -0.39 is 34.6 Å². The van der Waals surface area contributed by atoms with Crippen molar-refractivity contribution in [1.29, 1.82) is 0 Å². The second-order valence-corrected chi connectivity index (χ2v) is 5.48. The lowest BCUT2D eigenvalue weighted by Gasteiger charge is -2.19. The summed E-state index contributed by atoms with van der Waals surface area (Å²) in [4.78, 5) is 0. The van der Waals surface area contributed by atoms with Crippen LogP contribution in [-0.4, -0.2) is 6.18 Å². The summed E-state index contributed by atoms with van der Waals surface area (Å²) in [7, 11) is 0. The molecule has 0 fully saturated rings. The number of benzene rings is 1. The van der Waals surface area contributed by atoms with Crippen LogP contribution in [0.5, 0.6) is 0 Å². The van der Waals surface area contributed by atoms with Crippen molar-refractivity contribution in [3.63, 3.8) is 0 Å². The molecule has 24 heavy (non-hydrogen) atoms. The molecule has 6 heteroatoms. The summed E-state index contributed by atoms with van der Waals surface area (Å²) in [6.45, 7) is 8.05. The summed E-state index contributed by atoms with van der Waals surface area (Å²) in [6.07, 6.45) is -7.06. The van der Waals surface area contributed by atoms with Gasteiger partial charge in [-0.3, -0.25) is 0 Å². The van der Waals surface area contributed by atoms with Crippen molar-refractivity contribution in [2.75, 3.05) is 0 Å². The normalized spacial score (nSPS) is 14.0. The number of hydrogen-bond donors (Lipinski definition) is 0. The van der Waals surface area contributed by atoms with Crippen molar-refractivity contribution in [3.05, 3.63) is 64.8 Å². The van der Waals surface area contributed by atoms with E-state index in [1.54, 1.807) is 19.9 Å². The van der Waals surface area contributed by atoms with Crippen molar-refractivity contribution in [2.45, 2.75) is 39.5 Å². The molecule has 0 saturated heterocycles. The van der Waals surface area contributed by atoms with Crippen molar-refractivity contribution in [2.24, 2.45) is 0 Å². The third-order valence-electron chi connectivity index (χ3n) is 3.56. The summed E-state index contributed by atoms with van der Waals surface area (Å²) in [5.74, 6) is 0. The van der Waals surface area contributed by atoms with E-state index in [9.17, 15) is 26.3 Å². The Morgan fingerprint density at radius 1 is 1.12 bits per heavy atom. The number of rotatable bonds is 4. The fraction of sp³-hybridized carbons (Fsp3) is 0.333. The molecular weight excluding hydrogens is 330 g/mol. The minimum Gasteiger partial charge on any atom is -0.166 e. The number of hydrogen-bond acceptors (Lipinski definition) is 0. The van der Waals surface area contributed by atoms with E-state index in [1.165, 1.54) is 13.0 Å². The first-order valence-electron chi connectivity index (χ1n) is 7.14. The van der Waals surface area contributed by atoms with Crippen LogP contribution in [0.15, 0.2) is 48.1 Å². The fourth-order valence-electron chi connectivity index (χ4n) is 2.09. The smallest absolute Gasteiger partial charge is 0.166 e. The topological polar surface area (TPSA) is 0 Å². The third kappa shape index (κ3) is 5.01. The number of halogens is 6. The average Bonchev–Trinajstić information content (AvgIpc) is 2.44. The summed E-state index contributed by atoms with van der Waals surface area (Å²) in [5, 5.41) is 0. The SMILES string of the molecule is C=C(/C(=C\C/C(C)=C\C)C(F)(F)F)c1ccc(C)cc1C(F)(F)F. The van der Waals surface area contributed by atoms with Gasteiger partial charge in [0.2, 0.25) is 0 Å². The zero-order valence-corrected chi connectivity index (χ0v) is 13.6. The van der Waals surface area contributed by atoms with E-state index in [2.05, 4.69) is 6.58 Å². The molecule has 0 aliphatic rings. The van der Waals surface area contributed by atoms with Crippen LogP contribution in [-0.2, 0) is 6.18 Å². The summed E-state index contributed by atoms with van der Waals surface area (Å²) < 4.78 is 79.4. The Morgan fingerprint density at radius 3 is 2.17 bits per heavy atom. The highest BCUT2D eigenvalue weighted by atomic mass is 19.4. The lowest BCUT2D eigenvalue weighted by atomic mass is 9.92. The highest BCUT2D eigenvalue weighted by molar-refractivity contribution is 5.80. The zero-order valence-electron chi connectivity index (χ0n) is 13.6. The van der Waals surface area contributed by atoms with Gasteiger partial charge in [-0.1, -0.05) is 42.0 Å². The minimum atomic E-state index is -4.79. The Labute approximate surface area is 137 Å². The van der Waals surface area contributed by atoms with Crippen LogP contribution >= 0.6 is 0 Å². The fourth-order valence-corrected chi connectivity index (χ4v) is 2.09. The zero-order chi connectivity index (χ0) is 18.7. The van der Waals surface area contributed by atoms with Crippen LogP contribution in [0.1, 0.15) is 37.0 Å². The Kier molecular flexibility index (Phi) is 6.09. The molecule has 0 atom stereocenters. The first-order valence-corrected chi connectivity index (χ1v) is 7.14. The maximum atomic E-state index is 13.3. The molecular formula is C18H18F6. The number of allylic oxidation sites excluding steroid dienone is 5. The van der Waals surface area contributed by atoms with Gasteiger partial charge in [0, 0.05) is 0 Å². The van der Waals surface area contributed by atoms with Gasteiger partial charge in [-0.2, -0.15) is 26.3 Å². The molecule has 1 aromatic carbocycles. The molecule has 0 heterocycles. The highest BCUT2D eigenvalue weighted by Gasteiger charge is 2.39. The van der Waals surface area contributed by atoms with Gasteiger partial charge in [-0.05, 0) is 44.4 Å². The van der Waals surface area contributed by atoms with Crippen molar-refractivity contribution >= 4 is 5.57 Å². The largest absolute Gasteiger partial charge is 0.417 e. The summed E-state index contributed by atoms with van der Waals surface area (Å²) in [6, 6.07) is 3.19. The summed E-state index contributed by atoms with van der Waals surface area (Å²) >= 11 is 0. The molecule has 0 N–H and O–H groups in total. The van der Waals surface area contributed by atoms with Gasteiger partial charge < -0.3 is 0 Å². The second-order valence-electron chi connectivity index (χ2n) is 5.48. The maximum Gasteiger partial charge on any atom is 0.417 e. The standard InChI is InChI=1S/C18H18F6/c1-5-11(2)7-9-15(17(19,20)21)13(4)14-8-6-12(3)10-16(14)18(22,23)24/h5-6,8-10H,4,7H2,1-3H3/b11-5-,15-9+. The van der Waals surface area contributed by atoms with Crippen LogP contribution in [0.3, 0.4) is 0 Å². The molecule has 0 radical (unpaired) electrons. The van der Waals surface area contributed by atoms with E-state index in [-0.39, 0.29) is 6.42 Å². The van der Waals surface area contributed by atoms with Gasteiger partial charge in [0.25, 0.3) is 0 Å². The monoisotopic (exact) mass is 348 g/mol. The first-order chi connectivity index (χ1) is 10.9. The van der Waals surface area contributed by atoms with Gasteiger partial charge >= 0.3 is 12.4 Å². The van der Waals surface area contributed by atoms with Gasteiger partial charge in [-0.25, -0.2) is 0 Å². The molecule has 0 aromatic heterocycles. The highest BCUT2D eigenvalue weighted by Crippen LogP contribution is 2.41. The number of alkyl halides is 6. The van der Waals surface area contributed by atoms with E-state index >= 15 is 0 Å². The van der Waals surface area contributed by atoms with Crippen LogP contribution in [0.4, 0.5) is 26.3 Å². The van der Waals surface area contributed by atoms with Crippen LogP contribution in [0.2, 0.25) is 0 Å². The van der Waals surface area contributed by atoms with Crippen molar-refractivity contribution < 1.29 is 26.3 Å². The Hall–Kier alpha value is -1.98. The lowest BCUT2D eigenvalue weighted by Crippen LogP contribution is -2.16. The van der Waals surface area contributed by atoms with Crippen LogP contribution in [0, 0.1) is 6.92 Å². The van der Waals surface area contributed by atoms with Crippen LogP contribution < -0.4 is 0 Å². The molecule has 0 nitrogen and oxygen atoms in total. The average molecular weight is 348 g/mol. The molecule has 0 spiro atoms. The Balaban J connectivity index is 3.46. The molecule has 0 bridgehead atoms. The second kappa shape index (κ2) is 7.28. The van der Waals surface area contributed by atoms with E-state index in [4.69, 9.17) is 0 Å². The molecule has 0 amide bonds. The van der Waals surface area contributed by atoms with Crippen LogP contribution in [0.25, 0.3) is 5.57 Å². The molecule has 1 rings (SSSR count). The molecule has 0 saturated carbocycles. The molecule has 132 valence electrons.